The van der Waals surface area contributed by atoms with E-state index >= 15 is 0 Å². The van der Waals surface area contributed by atoms with Crippen molar-refractivity contribution in [1.29, 1.82) is 0 Å². The van der Waals surface area contributed by atoms with E-state index in [2.05, 4.69) is 16.2 Å². The molecule has 1 saturated heterocycles. The summed E-state index contributed by atoms with van der Waals surface area (Å²) in [5.74, 6) is 0.211. The number of aliphatic hydroxyl groups excluding tert-OH is 1. The van der Waals surface area contributed by atoms with Gasteiger partial charge in [0.1, 0.15) is 5.76 Å². The van der Waals surface area contributed by atoms with E-state index in [4.69, 9.17) is 4.52 Å². The third kappa shape index (κ3) is 4.52. The molecule has 7 nitrogen and oxygen atoms in total. The molecule has 0 bridgehead atoms. The molecule has 2 aromatic heterocycles. The number of nitrogens with one attached hydrogen (secondary N) is 1. The van der Waals surface area contributed by atoms with Crippen LogP contribution in [0.15, 0.2) is 53.3 Å². The Labute approximate surface area is 174 Å². The van der Waals surface area contributed by atoms with Gasteiger partial charge in [0, 0.05) is 37.8 Å². The standard InChI is InChI=1S/C23H25N3O4/c1-15-9-20(30-25-15)12-23(29)26-14-19(27)11-21(26)22(28)6-5-16-3-2-4-17(10-16)18-7-8-24-13-18/h2-4,7-10,13,19,21,24,27H,5-6,11-12,14H2,1H3/t19-,21+/m1/s1. The van der Waals surface area contributed by atoms with Crippen molar-refractivity contribution < 1.29 is 19.2 Å². The number of carbonyl (C=O) groups excluding carboxylic acids is 2. The van der Waals surface area contributed by atoms with E-state index in [1.807, 2.05) is 36.7 Å². The highest BCUT2D eigenvalue weighted by Crippen LogP contribution is 2.24. The predicted octanol–water partition coefficient (Wildman–Crippen LogP) is 2.68. The van der Waals surface area contributed by atoms with E-state index in [0.29, 0.717) is 24.3 Å². The van der Waals surface area contributed by atoms with Gasteiger partial charge in [0.15, 0.2) is 5.78 Å². The molecule has 1 fully saturated rings. The number of hydrogen-bond donors (Lipinski definition) is 2. The fourth-order valence-electron chi connectivity index (χ4n) is 3.99. The summed E-state index contributed by atoms with van der Waals surface area (Å²) in [6.07, 6.45) is 4.36. The molecule has 0 radical (unpaired) electrons. The van der Waals surface area contributed by atoms with E-state index < -0.39 is 12.1 Å². The average molecular weight is 407 g/mol. The third-order valence-corrected chi connectivity index (χ3v) is 5.49. The first-order valence-corrected chi connectivity index (χ1v) is 10.1. The van der Waals surface area contributed by atoms with E-state index in [9.17, 15) is 14.7 Å². The topological polar surface area (TPSA) is 99.4 Å². The summed E-state index contributed by atoms with van der Waals surface area (Å²) in [6.45, 7) is 1.96. The number of likely N-dealkylation sites (tertiary alicyclic amines) is 1. The van der Waals surface area contributed by atoms with Gasteiger partial charge in [0.2, 0.25) is 5.91 Å². The van der Waals surface area contributed by atoms with Crippen molar-refractivity contribution in [1.82, 2.24) is 15.0 Å². The van der Waals surface area contributed by atoms with Gasteiger partial charge in [-0.2, -0.15) is 0 Å². The molecule has 4 rings (SSSR count). The summed E-state index contributed by atoms with van der Waals surface area (Å²) in [4.78, 5) is 30.1. The van der Waals surface area contributed by atoms with Crippen LogP contribution in [-0.2, 0) is 22.4 Å². The number of β-amino-alcohol motifs (C(OH)–C–C–N with tert-alkyl or cyclic N) is 1. The Morgan fingerprint density at radius 1 is 1.27 bits per heavy atom. The number of benzene rings is 1. The van der Waals surface area contributed by atoms with Gasteiger partial charge in [-0.3, -0.25) is 9.59 Å². The summed E-state index contributed by atoms with van der Waals surface area (Å²) in [5, 5.41) is 13.9. The highest BCUT2D eigenvalue weighted by molar-refractivity contribution is 5.90. The molecule has 0 saturated carbocycles. The first kappa shape index (κ1) is 20.1. The van der Waals surface area contributed by atoms with Crippen LogP contribution in [0.25, 0.3) is 11.1 Å². The summed E-state index contributed by atoms with van der Waals surface area (Å²) in [7, 11) is 0. The third-order valence-electron chi connectivity index (χ3n) is 5.49. The summed E-state index contributed by atoms with van der Waals surface area (Å²) < 4.78 is 5.12. The van der Waals surface area contributed by atoms with E-state index in [1.54, 1.807) is 13.0 Å². The quantitative estimate of drug-likeness (QED) is 0.627. The van der Waals surface area contributed by atoms with Crippen LogP contribution in [0.1, 0.15) is 29.9 Å². The lowest BCUT2D eigenvalue weighted by Gasteiger charge is -2.23. The van der Waals surface area contributed by atoms with E-state index in [-0.39, 0.29) is 31.1 Å². The maximum atomic E-state index is 12.9. The molecule has 30 heavy (non-hydrogen) atoms. The second-order valence-electron chi connectivity index (χ2n) is 7.83. The van der Waals surface area contributed by atoms with Crippen molar-refractivity contribution in [3.63, 3.8) is 0 Å². The second kappa shape index (κ2) is 8.67. The highest BCUT2D eigenvalue weighted by Gasteiger charge is 2.38. The van der Waals surface area contributed by atoms with Crippen molar-refractivity contribution in [2.24, 2.45) is 0 Å². The molecule has 0 unspecified atom stereocenters. The molecule has 156 valence electrons. The number of nitrogens with zero attached hydrogens (tertiary/aromatic N) is 2. The molecule has 0 aliphatic carbocycles. The zero-order chi connectivity index (χ0) is 21.1. The van der Waals surface area contributed by atoms with Gasteiger partial charge in [-0.1, -0.05) is 29.4 Å². The highest BCUT2D eigenvalue weighted by atomic mass is 16.5. The largest absolute Gasteiger partial charge is 0.391 e. The van der Waals surface area contributed by atoms with Crippen molar-refractivity contribution in [3.8, 4) is 11.1 Å². The minimum Gasteiger partial charge on any atom is -0.391 e. The molecule has 3 aromatic rings. The Morgan fingerprint density at radius 2 is 2.13 bits per heavy atom. The minimum absolute atomic E-state index is 0.0271. The number of aromatic nitrogens is 2. The van der Waals surface area contributed by atoms with Gasteiger partial charge >= 0.3 is 0 Å². The maximum absolute atomic E-state index is 12.9. The number of ketones is 1. The molecular formula is C23H25N3O4. The lowest BCUT2D eigenvalue weighted by Crippen LogP contribution is -2.41. The molecule has 1 aliphatic rings. The molecule has 1 aromatic carbocycles. The van der Waals surface area contributed by atoms with Crippen LogP contribution < -0.4 is 0 Å². The Balaban J connectivity index is 1.39. The fourth-order valence-corrected chi connectivity index (χ4v) is 3.99. The summed E-state index contributed by atoms with van der Waals surface area (Å²) in [6, 6.07) is 11.2. The molecule has 2 N–H and O–H groups in total. The van der Waals surface area contributed by atoms with Crippen molar-refractivity contribution in [3.05, 3.63) is 65.8 Å². The number of H-pyrrole nitrogens is 1. The zero-order valence-electron chi connectivity index (χ0n) is 16.9. The van der Waals surface area contributed by atoms with Gasteiger partial charge in [0.25, 0.3) is 0 Å². The zero-order valence-corrected chi connectivity index (χ0v) is 16.9. The predicted molar refractivity (Wildman–Crippen MR) is 111 cm³/mol. The van der Waals surface area contributed by atoms with Gasteiger partial charge in [-0.05, 0) is 36.1 Å². The monoisotopic (exact) mass is 407 g/mol. The molecule has 1 aliphatic heterocycles. The van der Waals surface area contributed by atoms with Gasteiger partial charge in [0.05, 0.1) is 24.3 Å². The lowest BCUT2D eigenvalue weighted by molar-refractivity contribution is -0.137. The fraction of sp³-hybridized carbons (Fsp3) is 0.348. The first-order chi connectivity index (χ1) is 14.5. The van der Waals surface area contributed by atoms with E-state index in [0.717, 1.165) is 16.7 Å². The molecular weight excluding hydrogens is 382 g/mol. The van der Waals surface area contributed by atoms with Gasteiger partial charge in [-0.25, -0.2) is 0 Å². The van der Waals surface area contributed by atoms with Crippen molar-refractivity contribution in [2.45, 2.75) is 44.8 Å². The number of aryl methyl sites for hydroxylation is 2. The SMILES string of the molecule is Cc1cc(CC(=O)N2C[C@H](O)C[C@H]2C(=O)CCc2cccc(-c3cc[nH]c3)c2)on1. The average Bonchev–Trinajstić information content (AvgIpc) is 3.48. The molecule has 0 spiro atoms. The Bertz CT molecular complexity index is 1020. The van der Waals surface area contributed by atoms with Crippen LogP contribution >= 0.6 is 0 Å². The van der Waals surface area contributed by atoms with Crippen LogP contribution in [0.2, 0.25) is 0 Å². The first-order valence-electron chi connectivity index (χ1n) is 10.1. The number of carbonyl (C=O) groups is 2. The van der Waals surface area contributed by atoms with Crippen LogP contribution in [0.3, 0.4) is 0 Å². The maximum Gasteiger partial charge on any atom is 0.231 e. The smallest absolute Gasteiger partial charge is 0.231 e. The van der Waals surface area contributed by atoms with Crippen LogP contribution in [0.4, 0.5) is 0 Å². The number of Topliss-reactive ketones (excluding diaryl/α,β-unsaturated/α-hetero) is 1. The number of aliphatic hydroxyl groups is 1. The molecule has 3 heterocycles. The number of rotatable bonds is 7. The van der Waals surface area contributed by atoms with Gasteiger partial charge < -0.3 is 19.5 Å². The second-order valence-corrected chi connectivity index (χ2v) is 7.83. The van der Waals surface area contributed by atoms with E-state index in [1.165, 1.54) is 4.90 Å². The van der Waals surface area contributed by atoms with Crippen molar-refractivity contribution in [2.75, 3.05) is 6.54 Å². The lowest BCUT2D eigenvalue weighted by atomic mass is 9.99. The van der Waals surface area contributed by atoms with Crippen molar-refractivity contribution >= 4 is 11.7 Å². The Kier molecular flexibility index (Phi) is 5.81. The summed E-state index contributed by atoms with van der Waals surface area (Å²) >= 11 is 0. The van der Waals surface area contributed by atoms with Gasteiger partial charge in [-0.15, -0.1) is 0 Å². The molecule has 1 amide bonds. The van der Waals surface area contributed by atoms with Crippen LogP contribution in [0.5, 0.6) is 0 Å². The number of aromatic amines is 1. The van der Waals surface area contributed by atoms with Crippen LogP contribution in [-0.4, -0.2) is 50.5 Å². The normalized spacial score (nSPS) is 18.7. The molecule has 7 heteroatoms. The Morgan fingerprint density at radius 3 is 2.87 bits per heavy atom. The minimum atomic E-state index is -0.684. The molecule has 2 atom stereocenters. The summed E-state index contributed by atoms with van der Waals surface area (Å²) in [5.41, 5.74) is 3.96. The number of amides is 1. The Hall–Kier alpha value is -3.19. The number of hydrogen-bond acceptors (Lipinski definition) is 5. The van der Waals surface area contributed by atoms with Crippen LogP contribution in [0, 0.1) is 6.92 Å².